The van der Waals surface area contributed by atoms with Gasteiger partial charge in [-0.1, -0.05) is 18.2 Å². The summed E-state index contributed by atoms with van der Waals surface area (Å²) in [5.41, 5.74) is 0.880. The number of nitrogens with one attached hydrogen (secondary N) is 1. The van der Waals surface area contributed by atoms with Crippen molar-refractivity contribution in [3.05, 3.63) is 30.3 Å². The van der Waals surface area contributed by atoms with Crippen molar-refractivity contribution in [2.75, 3.05) is 31.5 Å². The van der Waals surface area contributed by atoms with E-state index in [4.69, 9.17) is 0 Å². The summed E-state index contributed by atoms with van der Waals surface area (Å²) in [5.74, 6) is 0.110. The minimum absolute atomic E-state index is 0.110. The van der Waals surface area contributed by atoms with Crippen molar-refractivity contribution in [2.24, 2.45) is 0 Å². The lowest BCUT2D eigenvalue weighted by atomic mass is 10.2. The van der Waals surface area contributed by atoms with Crippen LogP contribution in [0.4, 0.5) is 5.69 Å². The van der Waals surface area contributed by atoms with E-state index in [9.17, 15) is 4.79 Å². The molecule has 0 saturated heterocycles. The Hall–Kier alpha value is -1.35. The summed E-state index contributed by atoms with van der Waals surface area (Å²) in [6.07, 6.45) is 0.588. The average Bonchev–Trinajstić information content (AvgIpc) is 2.42. The largest absolute Gasteiger partial charge is 0.326 e. The number of nitrogens with zero attached hydrogens (tertiary/aromatic N) is 1. The summed E-state index contributed by atoms with van der Waals surface area (Å²) < 4.78 is 1.02. The van der Waals surface area contributed by atoms with Crippen LogP contribution in [-0.2, 0) is 4.79 Å². The third-order valence-electron chi connectivity index (χ3n) is 3.88. The Morgan fingerprint density at radius 3 is 2.11 bits per heavy atom. The van der Waals surface area contributed by atoms with Crippen LogP contribution in [0.25, 0.3) is 0 Å². The normalized spacial score (nSPS) is 11.3. The lowest BCUT2D eigenvalue weighted by molar-refractivity contribution is -0.922. The fraction of sp³-hybridized carbons (Fsp3) is 0.533. The maximum atomic E-state index is 11.9. The highest BCUT2D eigenvalue weighted by molar-refractivity contribution is 5.90. The van der Waals surface area contributed by atoms with E-state index in [0.717, 1.165) is 36.3 Å². The first kappa shape index (κ1) is 14.7. The van der Waals surface area contributed by atoms with Crippen LogP contribution in [0.15, 0.2) is 30.3 Å². The smallest absolute Gasteiger partial charge is 0.230 e. The summed E-state index contributed by atoms with van der Waals surface area (Å²) in [6.45, 7) is 10.8. The van der Waals surface area contributed by atoms with Crippen molar-refractivity contribution in [2.45, 2.75) is 27.2 Å². The van der Waals surface area contributed by atoms with Crippen LogP contribution >= 0.6 is 0 Å². The quantitative estimate of drug-likeness (QED) is 0.740. The summed E-state index contributed by atoms with van der Waals surface area (Å²) >= 11 is 0. The Labute approximate surface area is 110 Å². The van der Waals surface area contributed by atoms with Gasteiger partial charge in [-0.15, -0.1) is 0 Å². The molecule has 1 N–H and O–H groups in total. The third kappa shape index (κ3) is 4.15. The molecule has 100 valence electrons. The number of amides is 1. The van der Waals surface area contributed by atoms with Crippen LogP contribution < -0.4 is 5.32 Å². The minimum Gasteiger partial charge on any atom is -0.326 e. The van der Waals surface area contributed by atoms with E-state index < -0.39 is 0 Å². The molecule has 0 saturated carbocycles. The molecule has 18 heavy (non-hydrogen) atoms. The van der Waals surface area contributed by atoms with Gasteiger partial charge in [-0.05, 0) is 32.9 Å². The molecular formula is C15H25N2O+. The summed E-state index contributed by atoms with van der Waals surface area (Å²) in [4.78, 5) is 11.9. The SMILES string of the molecule is CC[N+](CC)(CC)CCC(=O)Nc1ccccc1. The Bertz CT molecular complexity index is 350. The van der Waals surface area contributed by atoms with E-state index in [1.165, 1.54) is 0 Å². The molecule has 1 aromatic carbocycles. The molecule has 0 aliphatic carbocycles. The van der Waals surface area contributed by atoms with Gasteiger partial charge in [0.25, 0.3) is 0 Å². The Kier molecular flexibility index (Phi) is 5.86. The molecule has 1 amide bonds. The highest BCUT2D eigenvalue weighted by atomic mass is 16.1. The Morgan fingerprint density at radius 2 is 1.61 bits per heavy atom. The topological polar surface area (TPSA) is 29.1 Å². The van der Waals surface area contributed by atoms with Crippen molar-refractivity contribution >= 4 is 11.6 Å². The van der Waals surface area contributed by atoms with Gasteiger partial charge in [0.1, 0.15) is 0 Å². The second-order valence-corrected chi connectivity index (χ2v) is 4.68. The van der Waals surface area contributed by atoms with Gasteiger partial charge in [0.15, 0.2) is 0 Å². The van der Waals surface area contributed by atoms with E-state index >= 15 is 0 Å². The molecule has 3 nitrogen and oxygen atoms in total. The number of hydrogen-bond acceptors (Lipinski definition) is 1. The van der Waals surface area contributed by atoms with Crippen molar-refractivity contribution < 1.29 is 9.28 Å². The number of carbonyl (C=O) groups is 1. The first-order valence-corrected chi connectivity index (χ1v) is 6.85. The lowest BCUT2D eigenvalue weighted by Crippen LogP contribution is -2.49. The van der Waals surface area contributed by atoms with E-state index in [1.54, 1.807) is 0 Å². The molecular weight excluding hydrogens is 224 g/mol. The zero-order valence-corrected chi connectivity index (χ0v) is 11.8. The zero-order chi connectivity index (χ0) is 13.4. The number of carbonyl (C=O) groups excluding carboxylic acids is 1. The molecule has 0 aromatic heterocycles. The number of benzene rings is 1. The number of anilines is 1. The first-order valence-electron chi connectivity index (χ1n) is 6.85. The number of para-hydroxylation sites is 1. The van der Waals surface area contributed by atoms with Gasteiger partial charge in [-0.3, -0.25) is 4.79 Å². The molecule has 0 atom stereocenters. The monoisotopic (exact) mass is 249 g/mol. The maximum Gasteiger partial charge on any atom is 0.230 e. The molecule has 0 spiro atoms. The lowest BCUT2D eigenvalue weighted by Gasteiger charge is -2.35. The van der Waals surface area contributed by atoms with Gasteiger partial charge in [-0.2, -0.15) is 0 Å². The molecule has 0 radical (unpaired) electrons. The highest BCUT2D eigenvalue weighted by Crippen LogP contribution is 2.09. The second-order valence-electron chi connectivity index (χ2n) is 4.68. The molecule has 0 aliphatic rings. The van der Waals surface area contributed by atoms with Gasteiger partial charge in [0, 0.05) is 5.69 Å². The van der Waals surface area contributed by atoms with E-state index in [0.29, 0.717) is 6.42 Å². The number of hydrogen-bond donors (Lipinski definition) is 1. The van der Waals surface area contributed by atoms with Crippen molar-refractivity contribution in [1.82, 2.24) is 0 Å². The van der Waals surface area contributed by atoms with Crippen molar-refractivity contribution in [1.29, 1.82) is 0 Å². The van der Waals surface area contributed by atoms with Gasteiger partial charge in [0.2, 0.25) is 5.91 Å². The fourth-order valence-electron chi connectivity index (χ4n) is 2.23. The average molecular weight is 249 g/mol. The van der Waals surface area contributed by atoms with Gasteiger partial charge < -0.3 is 9.80 Å². The van der Waals surface area contributed by atoms with Gasteiger partial charge >= 0.3 is 0 Å². The molecule has 0 bridgehead atoms. The van der Waals surface area contributed by atoms with E-state index in [1.807, 2.05) is 30.3 Å². The maximum absolute atomic E-state index is 11.9. The molecule has 0 heterocycles. The molecule has 3 heteroatoms. The molecule has 1 aromatic rings. The predicted octanol–water partition coefficient (Wildman–Crippen LogP) is 2.89. The molecule has 1 rings (SSSR count). The summed E-state index contributed by atoms with van der Waals surface area (Å²) in [6, 6.07) is 9.64. The zero-order valence-electron chi connectivity index (χ0n) is 11.8. The van der Waals surface area contributed by atoms with Crippen LogP contribution in [-0.4, -0.2) is 36.6 Å². The third-order valence-corrected chi connectivity index (χ3v) is 3.88. The van der Waals surface area contributed by atoms with Crippen molar-refractivity contribution in [3.63, 3.8) is 0 Å². The van der Waals surface area contributed by atoms with Crippen molar-refractivity contribution in [3.8, 4) is 0 Å². The fourth-order valence-corrected chi connectivity index (χ4v) is 2.23. The predicted molar refractivity (Wildman–Crippen MR) is 76.4 cm³/mol. The molecule has 0 unspecified atom stereocenters. The van der Waals surface area contributed by atoms with Gasteiger partial charge in [0.05, 0.1) is 32.6 Å². The molecule has 0 fully saturated rings. The standard InChI is InChI=1S/C15H24N2O/c1-4-17(5-2,6-3)13-12-15(18)16-14-10-8-7-9-11-14/h7-11H,4-6,12-13H2,1-3H3/p+1. The van der Waals surface area contributed by atoms with Crippen LogP contribution in [0.1, 0.15) is 27.2 Å². The summed E-state index contributed by atoms with van der Waals surface area (Å²) in [5, 5.41) is 2.94. The summed E-state index contributed by atoms with van der Waals surface area (Å²) in [7, 11) is 0. The van der Waals surface area contributed by atoms with Gasteiger partial charge in [-0.25, -0.2) is 0 Å². The minimum atomic E-state index is 0.110. The van der Waals surface area contributed by atoms with Crippen LogP contribution in [0, 0.1) is 0 Å². The highest BCUT2D eigenvalue weighted by Gasteiger charge is 2.21. The molecule has 0 aliphatic heterocycles. The van der Waals surface area contributed by atoms with E-state index in [-0.39, 0.29) is 5.91 Å². The second kappa shape index (κ2) is 7.17. The first-order chi connectivity index (χ1) is 8.65. The van der Waals surface area contributed by atoms with Crippen LogP contribution in [0.2, 0.25) is 0 Å². The van der Waals surface area contributed by atoms with Crippen LogP contribution in [0.5, 0.6) is 0 Å². The number of rotatable bonds is 7. The Morgan fingerprint density at radius 1 is 1.06 bits per heavy atom. The van der Waals surface area contributed by atoms with E-state index in [2.05, 4.69) is 26.1 Å². The Balaban J connectivity index is 2.46. The van der Waals surface area contributed by atoms with Crippen LogP contribution in [0.3, 0.4) is 0 Å². The number of quaternary nitrogens is 1.